The summed E-state index contributed by atoms with van der Waals surface area (Å²) in [6.07, 6.45) is 5.00. The van der Waals surface area contributed by atoms with Gasteiger partial charge in [0.1, 0.15) is 17.2 Å². The molecule has 4 aromatic rings. The minimum absolute atomic E-state index is 0.00426. The van der Waals surface area contributed by atoms with Crippen LogP contribution < -0.4 is 10.2 Å². The Morgan fingerprint density at radius 1 is 1.13 bits per heavy atom. The van der Waals surface area contributed by atoms with Gasteiger partial charge in [0, 0.05) is 36.8 Å². The van der Waals surface area contributed by atoms with Crippen molar-refractivity contribution in [1.82, 2.24) is 19.9 Å². The number of aryl methyl sites for hydroxylation is 1. The number of nitrogens with one attached hydrogen (secondary N) is 2. The first-order valence-electron chi connectivity index (χ1n) is 10.6. The fourth-order valence-electron chi connectivity index (χ4n) is 4.27. The van der Waals surface area contributed by atoms with Crippen LogP contribution in [0.15, 0.2) is 36.7 Å². The normalized spacial score (nSPS) is 15.1. The molecule has 1 aromatic carbocycles. The maximum Gasteiger partial charge on any atom is 0.182 e. The van der Waals surface area contributed by atoms with E-state index in [0.29, 0.717) is 18.0 Å². The lowest BCUT2D eigenvalue weighted by molar-refractivity contribution is 0.145. The van der Waals surface area contributed by atoms with E-state index in [-0.39, 0.29) is 12.7 Å². The van der Waals surface area contributed by atoms with Crippen molar-refractivity contribution >= 4 is 33.7 Å². The van der Waals surface area contributed by atoms with Crippen molar-refractivity contribution in [1.29, 1.82) is 0 Å². The van der Waals surface area contributed by atoms with E-state index in [1.807, 2.05) is 30.5 Å². The fraction of sp³-hybridized carbons (Fsp3) is 0.348. The molecule has 4 N–H and O–H groups in total. The minimum Gasteiger partial charge on any atom is -0.393 e. The molecule has 0 bridgehead atoms. The number of hydrogen-bond donors (Lipinski definition) is 4. The Bertz CT molecular complexity index is 1230. The number of aliphatic hydroxyl groups excluding tert-OH is 2. The van der Waals surface area contributed by atoms with E-state index >= 15 is 0 Å². The van der Waals surface area contributed by atoms with Gasteiger partial charge < -0.3 is 25.4 Å². The standard InChI is InChI=1S/C23H26N6O2/c1-14-10-26-22-16(13-30)3-2-15(21(14)22)11-25-19-12-24-18-4-5-20(28-23(18)27-19)29-8-6-17(31)7-9-29/h2-5,10,12,17,26,30-31H,6-9,11,13H2,1H3,(H,25,27,28). The number of fused-ring (bicyclic) bond motifs is 2. The molecule has 3 aromatic heterocycles. The van der Waals surface area contributed by atoms with E-state index in [1.165, 1.54) is 0 Å². The number of piperidine rings is 1. The maximum atomic E-state index is 9.74. The Kier molecular flexibility index (Phi) is 5.17. The SMILES string of the molecule is Cc1c[nH]c2c(CO)ccc(CNc3cnc4ccc(N5CCC(O)CC5)nc4n3)c12. The average Bonchev–Trinajstić information content (AvgIpc) is 3.19. The van der Waals surface area contributed by atoms with Crippen LogP contribution in [0.2, 0.25) is 0 Å². The minimum atomic E-state index is -0.214. The Hall–Kier alpha value is -3.23. The number of pyridine rings is 1. The molecular formula is C23H26N6O2. The van der Waals surface area contributed by atoms with Crippen LogP contribution in [0.3, 0.4) is 0 Å². The van der Waals surface area contributed by atoms with E-state index in [9.17, 15) is 10.2 Å². The number of anilines is 2. The lowest BCUT2D eigenvalue weighted by Gasteiger charge is -2.30. The third kappa shape index (κ3) is 3.80. The van der Waals surface area contributed by atoms with Gasteiger partial charge in [0.15, 0.2) is 5.65 Å². The summed E-state index contributed by atoms with van der Waals surface area (Å²) in [6, 6.07) is 7.90. The molecule has 31 heavy (non-hydrogen) atoms. The highest BCUT2D eigenvalue weighted by atomic mass is 16.3. The molecular weight excluding hydrogens is 392 g/mol. The average molecular weight is 419 g/mol. The Labute approximate surface area is 180 Å². The molecule has 1 aliphatic heterocycles. The third-order valence-electron chi connectivity index (χ3n) is 6.02. The highest BCUT2D eigenvalue weighted by molar-refractivity contribution is 5.89. The number of rotatable bonds is 5. The zero-order valence-corrected chi connectivity index (χ0v) is 17.5. The quantitative estimate of drug-likeness (QED) is 0.394. The predicted octanol–water partition coefficient (Wildman–Crippen LogP) is 2.88. The van der Waals surface area contributed by atoms with Gasteiger partial charge in [-0.25, -0.2) is 15.0 Å². The van der Waals surface area contributed by atoms with Crippen molar-refractivity contribution < 1.29 is 10.2 Å². The summed E-state index contributed by atoms with van der Waals surface area (Å²) in [5.74, 6) is 1.54. The molecule has 8 heteroatoms. The molecule has 1 aliphatic rings. The molecule has 0 radical (unpaired) electrons. The maximum absolute atomic E-state index is 9.74. The molecule has 1 fully saturated rings. The van der Waals surface area contributed by atoms with Gasteiger partial charge in [-0.05, 0) is 43.0 Å². The second-order valence-electron chi connectivity index (χ2n) is 8.10. The van der Waals surface area contributed by atoms with Crippen molar-refractivity contribution in [2.75, 3.05) is 23.3 Å². The fourth-order valence-corrected chi connectivity index (χ4v) is 4.27. The zero-order chi connectivity index (χ0) is 21.4. The van der Waals surface area contributed by atoms with Gasteiger partial charge in [-0.3, -0.25) is 0 Å². The summed E-state index contributed by atoms with van der Waals surface area (Å²) < 4.78 is 0. The number of aromatic amines is 1. The highest BCUT2D eigenvalue weighted by Gasteiger charge is 2.18. The van der Waals surface area contributed by atoms with Crippen LogP contribution in [0.5, 0.6) is 0 Å². The van der Waals surface area contributed by atoms with Crippen LogP contribution in [0.25, 0.3) is 22.1 Å². The Morgan fingerprint density at radius 3 is 2.74 bits per heavy atom. The first-order valence-corrected chi connectivity index (χ1v) is 10.6. The summed E-state index contributed by atoms with van der Waals surface area (Å²) in [5.41, 5.74) is 5.49. The molecule has 4 heterocycles. The van der Waals surface area contributed by atoms with E-state index in [4.69, 9.17) is 4.98 Å². The number of H-pyrrole nitrogens is 1. The molecule has 0 saturated carbocycles. The molecule has 0 amide bonds. The van der Waals surface area contributed by atoms with Crippen LogP contribution in [0.4, 0.5) is 11.6 Å². The molecule has 0 spiro atoms. The van der Waals surface area contributed by atoms with Crippen LogP contribution >= 0.6 is 0 Å². The molecule has 5 rings (SSSR count). The molecule has 8 nitrogen and oxygen atoms in total. The number of aromatic nitrogens is 4. The third-order valence-corrected chi connectivity index (χ3v) is 6.02. The van der Waals surface area contributed by atoms with E-state index < -0.39 is 0 Å². The second kappa shape index (κ2) is 8.13. The monoisotopic (exact) mass is 418 g/mol. The van der Waals surface area contributed by atoms with Crippen molar-refractivity contribution in [2.24, 2.45) is 0 Å². The van der Waals surface area contributed by atoms with E-state index in [1.54, 1.807) is 6.20 Å². The largest absolute Gasteiger partial charge is 0.393 e. The lowest BCUT2D eigenvalue weighted by Crippen LogP contribution is -2.36. The van der Waals surface area contributed by atoms with Gasteiger partial charge in [0.2, 0.25) is 0 Å². The number of nitrogens with zero attached hydrogens (tertiary/aromatic N) is 4. The summed E-state index contributed by atoms with van der Waals surface area (Å²) >= 11 is 0. The summed E-state index contributed by atoms with van der Waals surface area (Å²) in [6.45, 7) is 4.24. The van der Waals surface area contributed by atoms with Crippen molar-refractivity contribution in [3.05, 3.63) is 53.3 Å². The number of aliphatic hydroxyl groups is 2. The number of benzene rings is 1. The van der Waals surface area contributed by atoms with Gasteiger partial charge in [0.25, 0.3) is 0 Å². The van der Waals surface area contributed by atoms with Crippen molar-refractivity contribution in [3.8, 4) is 0 Å². The predicted molar refractivity (Wildman–Crippen MR) is 121 cm³/mol. The van der Waals surface area contributed by atoms with Crippen LogP contribution in [-0.4, -0.2) is 49.3 Å². The number of hydrogen-bond acceptors (Lipinski definition) is 7. The van der Waals surface area contributed by atoms with Crippen LogP contribution in [-0.2, 0) is 13.2 Å². The lowest BCUT2D eigenvalue weighted by atomic mass is 10.0. The molecule has 0 unspecified atom stereocenters. The van der Waals surface area contributed by atoms with Crippen LogP contribution in [0.1, 0.15) is 29.5 Å². The summed E-state index contributed by atoms with van der Waals surface area (Å²) in [5, 5.41) is 23.8. The first kappa shape index (κ1) is 19.7. The Balaban J connectivity index is 1.38. The van der Waals surface area contributed by atoms with Gasteiger partial charge in [-0.2, -0.15) is 0 Å². The Morgan fingerprint density at radius 2 is 1.94 bits per heavy atom. The smallest absolute Gasteiger partial charge is 0.182 e. The van der Waals surface area contributed by atoms with E-state index in [0.717, 1.165) is 64.9 Å². The molecule has 1 saturated heterocycles. The van der Waals surface area contributed by atoms with Gasteiger partial charge in [0.05, 0.1) is 24.4 Å². The van der Waals surface area contributed by atoms with Crippen molar-refractivity contribution in [2.45, 2.75) is 39.0 Å². The molecule has 0 aliphatic carbocycles. The second-order valence-corrected chi connectivity index (χ2v) is 8.10. The van der Waals surface area contributed by atoms with Gasteiger partial charge in [-0.15, -0.1) is 0 Å². The van der Waals surface area contributed by atoms with E-state index in [2.05, 4.69) is 32.1 Å². The summed E-state index contributed by atoms with van der Waals surface area (Å²) in [4.78, 5) is 19.3. The van der Waals surface area contributed by atoms with Crippen LogP contribution in [0, 0.1) is 6.92 Å². The van der Waals surface area contributed by atoms with Crippen molar-refractivity contribution in [3.63, 3.8) is 0 Å². The zero-order valence-electron chi connectivity index (χ0n) is 17.5. The van der Waals surface area contributed by atoms with Gasteiger partial charge in [-0.1, -0.05) is 12.1 Å². The summed E-state index contributed by atoms with van der Waals surface area (Å²) in [7, 11) is 0. The highest BCUT2D eigenvalue weighted by Crippen LogP contribution is 2.26. The molecule has 160 valence electrons. The van der Waals surface area contributed by atoms with Gasteiger partial charge >= 0.3 is 0 Å². The molecule has 0 atom stereocenters. The topological polar surface area (TPSA) is 110 Å². The first-order chi connectivity index (χ1) is 15.1.